The molecule has 2 aromatic rings. The molecule has 0 bridgehead atoms. The first kappa shape index (κ1) is 18.4. The quantitative estimate of drug-likeness (QED) is 0.445. The highest BCUT2D eigenvalue weighted by molar-refractivity contribution is 6.27. The maximum atomic E-state index is 12.8. The molecule has 7 nitrogen and oxygen atoms in total. The molecule has 27 heavy (non-hydrogen) atoms. The van der Waals surface area contributed by atoms with Crippen molar-refractivity contribution in [1.29, 1.82) is 0 Å². The zero-order chi connectivity index (χ0) is 19.4. The van der Waals surface area contributed by atoms with E-state index in [1.165, 1.54) is 34.8 Å². The van der Waals surface area contributed by atoms with Gasteiger partial charge in [-0.2, -0.15) is 10.1 Å². The zero-order valence-electron chi connectivity index (χ0n) is 15.2. The Balaban J connectivity index is 1.70. The second-order valence-electron chi connectivity index (χ2n) is 6.36. The third-order valence-corrected chi connectivity index (χ3v) is 4.46. The van der Waals surface area contributed by atoms with Crippen LogP contribution in [0.3, 0.4) is 0 Å². The van der Waals surface area contributed by atoms with Crippen LogP contribution in [0.5, 0.6) is 0 Å². The van der Waals surface area contributed by atoms with Gasteiger partial charge in [-0.1, -0.05) is 30.3 Å². The Morgan fingerprint density at radius 2 is 1.85 bits per heavy atom. The van der Waals surface area contributed by atoms with Crippen molar-refractivity contribution in [1.82, 2.24) is 0 Å². The molecule has 0 N–H and O–H groups in total. The molecule has 1 heterocycles. The minimum absolute atomic E-state index is 0.0266. The van der Waals surface area contributed by atoms with Gasteiger partial charge in [0.15, 0.2) is 0 Å². The third kappa shape index (κ3) is 4.08. The average molecular weight is 364 g/mol. The standard InChI is InChI=1S/C20H20N4O3/c1-14(21-13-12-16-6-4-3-5-7-16)19-15(2)22-23(20(19)25)17-8-10-18(11-9-17)24(26)27/h3-11,19H,12-13H2,1-2H3/t19-/m0/s1. The number of hydrogen-bond acceptors (Lipinski definition) is 5. The van der Waals surface area contributed by atoms with Gasteiger partial charge in [0.1, 0.15) is 5.92 Å². The van der Waals surface area contributed by atoms with Crippen LogP contribution >= 0.6 is 0 Å². The molecule has 0 fully saturated rings. The fraction of sp³-hybridized carbons (Fsp3) is 0.250. The third-order valence-electron chi connectivity index (χ3n) is 4.46. The van der Waals surface area contributed by atoms with Crippen LogP contribution in [0.25, 0.3) is 0 Å². The van der Waals surface area contributed by atoms with Gasteiger partial charge in [-0.15, -0.1) is 0 Å². The molecular weight excluding hydrogens is 344 g/mol. The van der Waals surface area contributed by atoms with E-state index in [0.717, 1.165) is 12.1 Å². The summed E-state index contributed by atoms with van der Waals surface area (Å²) in [6, 6.07) is 15.8. The molecule has 0 saturated carbocycles. The highest BCUT2D eigenvalue weighted by atomic mass is 16.6. The number of hydrazone groups is 1. The van der Waals surface area contributed by atoms with Crippen molar-refractivity contribution >= 4 is 28.7 Å². The van der Waals surface area contributed by atoms with Crippen LogP contribution in [-0.2, 0) is 11.2 Å². The van der Waals surface area contributed by atoms with Crippen LogP contribution in [-0.4, -0.2) is 28.8 Å². The predicted octanol–water partition coefficient (Wildman–Crippen LogP) is 3.64. The van der Waals surface area contributed by atoms with Crippen molar-refractivity contribution in [3.63, 3.8) is 0 Å². The molecule has 0 radical (unpaired) electrons. The Bertz CT molecular complexity index is 905. The normalized spacial score (nSPS) is 17.2. The molecule has 0 aromatic heterocycles. The van der Waals surface area contributed by atoms with E-state index in [1.807, 2.05) is 25.1 Å². The molecule has 2 aromatic carbocycles. The van der Waals surface area contributed by atoms with E-state index in [2.05, 4.69) is 22.2 Å². The van der Waals surface area contributed by atoms with Crippen molar-refractivity contribution < 1.29 is 9.72 Å². The van der Waals surface area contributed by atoms with Crippen molar-refractivity contribution in [2.45, 2.75) is 20.3 Å². The summed E-state index contributed by atoms with van der Waals surface area (Å²) in [6.07, 6.45) is 0.807. The number of nitro groups is 1. The molecule has 3 rings (SSSR count). The van der Waals surface area contributed by atoms with Crippen molar-refractivity contribution in [3.8, 4) is 0 Å². The Kier molecular flexibility index (Phi) is 5.40. The lowest BCUT2D eigenvalue weighted by atomic mass is 9.99. The van der Waals surface area contributed by atoms with Gasteiger partial charge in [0.25, 0.3) is 11.6 Å². The van der Waals surface area contributed by atoms with Crippen LogP contribution in [0.1, 0.15) is 19.4 Å². The van der Waals surface area contributed by atoms with Gasteiger partial charge in [-0.25, -0.2) is 0 Å². The number of non-ortho nitro benzene ring substituents is 1. The number of carbonyl (C=O) groups is 1. The number of hydrogen-bond donors (Lipinski definition) is 0. The number of benzene rings is 2. The van der Waals surface area contributed by atoms with Gasteiger partial charge < -0.3 is 0 Å². The molecule has 1 aliphatic heterocycles. The summed E-state index contributed by atoms with van der Waals surface area (Å²) in [5, 5.41) is 16.4. The summed E-state index contributed by atoms with van der Waals surface area (Å²) in [6.45, 7) is 4.24. The maximum absolute atomic E-state index is 12.8. The van der Waals surface area contributed by atoms with E-state index >= 15 is 0 Å². The van der Waals surface area contributed by atoms with E-state index < -0.39 is 10.8 Å². The molecule has 0 saturated heterocycles. The highest BCUT2D eigenvalue weighted by Crippen LogP contribution is 2.26. The number of nitro benzene ring substituents is 1. The van der Waals surface area contributed by atoms with Gasteiger partial charge in [-0.05, 0) is 38.0 Å². The van der Waals surface area contributed by atoms with Crippen molar-refractivity contribution in [2.75, 3.05) is 11.6 Å². The second kappa shape index (κ2) is 7.90. The van der Waals surface area contributed by atoms with Gasteiger partial charge >= 0.3 is 0 Å². The predicted molar refractivity (Wildman–Crippen MR) is 105 cm³/mol. The molecule has 0 aliphatic carbocycles. The number of amides is 1. The molecule has 0 spiro atoms. The van der Waals surface area contributed by atoms with Crippen LogP contribution in [0.2, 0.25) is 0 Å². The van der Waals surface area contributed by atoms with E-state index in [1.54, 1.807) is 6.92 Å². The molecule has 7 heteroatoms. The van der Waals surface area contributed by atoms with E-state index in [-0.39, 0.29) is 11.6 Å². The fourth-order valence-corrected chi connectivity index (χ4v) is 3.04. The summed E-state index contributed by atoms with van der Waals surface area (Å²) in [4.78, 5) is 27.7. The van der Waals surface area contributed by atoms with Gasteiger partial charge in [0, 0.05) is 24.4 Å². The van der Waals surface area contributed by atoms with Crippen molar-refractivity contribution in [2.24, 2.45) is 16.0 Å². The molecule has 138 valence electrons. The number of aliphatic imine (C=N–C) groups is 1. The fourth-order valence-electron chi connectivity index (χ4n) is 3.04. The Morgan fingerprint density at radius 3 is 2.48 bits per heavy atom. The minimum Gasteiger partial charge on any atom is -0.293 e. The smallest absolute Gasteiger partial charge is 0.269 e. The Hall–Kier alpha value is -3.35. The number of anilines is 1. The summed E-state index contributed by atoms with van der Waals surface area (Å²) in [7, 11) is 0. The summed E-state index contributed by atoms with van der Waals surface area (Å²) in [5.41, 5.74) is 3.07. The molecule has 1 amide bonds. The minimum atomic E-state index is -0.490. The van der Waals surface area contributed by atoms with E-state index in [4.69, 9.17) is 0 Å². The molecular formula is C20H20N4O3. The van der Waals surface area contributed by atoms with Crippen molar-refractivity contribution in [3.05, 3.63) is 70.3 Å². The SMILES string of the molecule is CC(=NCCc1ccccc1)[C@@H]1C(=O)N(c2ccc([N+](=O)[O-])cc2)N=C1C. The lowest BCUT2D eigenvalue weighted by Gasteiger charge is -2.14. The molecule has 1 atom stereocenters. The monoisotopic (exact) mass is 364 g/mol. The van der Waals surface area contributed by atoms with Crippen LogP contribution in [0, 0.1) is 16.0 Å². The van der Waals surface area contributed by atoms with Gasteiger partial charge in [0.05, 0.1) is 16.3 Å². The van der Waals surface area contributed by atoms with E-state index in [9.17, 15) is 14.9 Å². The van der Waals surface area contributed by atoms with Gasteiger partial charge in [0.2, 0.25) is 0 Å². The summed E-state index contributed by atoms with van der Waals surface area (Å²) in [5.74, 6) is -0.682. The van der Waals surface area contributed by atoms with Gasteiger partial charge in [-0.3, -0.25) is 19.9 Å². The summed E-state index contributed by atoms with van der Waals surface area (Å²) < 4.78 is 0. The van der Waals surface area contributed by atoms with Crippen LogP contribution in [0.4, 0.5) is 11.4 Å². The first-order valence-electron chi connectivity index (χ1n) is 8.66. The Morgan fingerprint density at radius 1 is 1.19 bits per heavy atom. The lowest BCUT2D eigenvalue weighted by Crippen LogP contribution is -2.31. The second-order valence-corrected chi connectivity index (χ2v) is 6.36. The first-order chi connectivity index (χ1) is 13.0. The number of carbonyl (C=O) groups excluding carboxylic acids is 1. The summed E-state index contributed by atoms with van der Waals surface area (Å²) >= 11 is 0. The maximum Gasteiger partial charge on any atom is 0.269 e. The first-order valence-corrected chi connectivity index (χ1v) is 8.66. The molecule has 0 unspecified atom stereocenters. The average Bonchev–Trinajstić information content (AvgIpc) is 2.97. The lowest BCUT2D eigenvalue weighted by molar-refractivity contribution is -0.384. The van der Waals surface area contributed by atoms with Crippen LogP contribution < -0.4 is 5.01 Å². The van der Waals surface area contributed by atoms with Crippen LogP contribution in [0.15, 0.2) is 64.7 Å². The Labute approximate surface area is 157 Å². The topological polar surface area (TPSA) is 88.2 Å². The number of nitrogens with zero attached hydrogens (tertiary/aromatic N) is 4. The zero-order valence-corrected chi connectivity index (χ0v) is 15.2. The van der Waals surface area contributed by atoms with E-state index in [0.29, 0.717) is 17.9 Å². The molecule has 1 aliphatic rings. The largest absolute Gasteiger partial charge is 0.293 e. The number of rotatable bonds is 6. The highest BCUT2D eigenvalue weighted by Gasteiger charge is 2.36.